The van der Waals surface area contributed by atoms with Crippen molar-refractivity contribution < 1.29 is 4.79 Å². The molecule has 0 radical (unpaired) electrons. The van der Waals surface area contributed by atoms with Crippen molar-refractivity contribution in [2.75, 3.05) is 19.6 Å². The Bertz CT molecular complexity index is 411. The average Bonchev–Trinajstić information content (AvgIpc) is 2.39. The molecular weight excluding hydrogens is 226 g/mol. The van der Waals surface area contributed by atoms with Gasteiger partial charge >= 0.3 is 0 Å². The summed E-state index contributed by atoms with van der Waals surface area (Å²) in [5.74, 6) is 0.798. The molecule has 0 aliphatic carbocycles. The molecule has 1 amide bonds. The number of likely N-dealkylation sites (tertiary alicyclic amines) is 1. The second-order valence-electron chi connectivity index (χ2n) is 5.06. The molecular formula is C14H21N3O. The molecule has 0 bridgehead atoms. The number of nitrogens with zero attached hydrogens (tertiary/aromatic N) is 2. The molecule has 2 rings (SSSR count). The molecule has 2 N–H and O–H groups in total. The summed E-state index contributed by atoms with van der Waals surface area (Å²) in [5, 5.41) is 0. The van der Waals surface area contributed by atoms with E-state index in [-0.39, 0.29) is 5.91 Å². The third-order valence-electron chi connectivity index (χ3n) is 3.60. The summed E-state index contributed by atoms with van der Waals surface area (Å²) in [6, 6.07) is 1.90. The molecule has 1 saturated heterocycles. The fourth-order valence-electron chi connectivity index (χ4n) is 2.51. The third-order valence-corrected chi connectivity index (χ3v) is 3.60. The van der Waals surface area contributed by atoms with Crippen molar-refractivity contribution in [1.29, 1.82) is 0 Å². The van der Waals surface area contributed by atoms with Crippen LogP contribution in [0.3, 0.4) is 0 Å². The normalized spacial score (nSPS) is 16.9. The highest BCUT2D eigenvalue weighted by molar-refractivity contribution is 5.94. The van der Waals surface area contributed by atoms with Crippen molar-refractivity contribution in [1.82, 2.24) is 9.88 Å². The number of aromatic nitrogens is 1. The number of pyridine rings is 1. The van der Waals surface area contributed by atoms with E-state index in [1.54, 1.807) is 12.4 Å². The van der Waals surface area contributed by atoms with Crippen LogP contribution in [0.2, 0.25) is 0 Å². The minimum Gasteiger partial charge on any atom is -0.339 e. The van der Waals surface area contributed by atoms with Crippen molar-refractivity contribution in [2.45, 2.75) is 26.2 Å². The van der Waals surface area contributed by atoms with Crippen molar-refractivity contribution in [3.8, 4) is 0 Å². The predicted molar refractivity (Wildman–Crippen MR) is 71.3 cm³/mol. The van der Waals surface area contributed by atoms with Gasteiger partial charge in [0.25, 0.3) is 5.91 Å². The molecule has 0 unspecified atom stereocenters. The zero-order valence-corrected chi connectivity index (χ0v) is 10.9. The lowest BCUT2D eigenvalue weighted by atomic mass is 9.93. The van der Waals surface area contributed by atoms with Crippen molar-refractivity contribution in [2.24, 2.45) is 11.7 Å². The maximum absolute atomic E-state index is 12.3. The van der Waals surface area contributed by atoms with E-state index in [9.17, 15) is 4.79 Å². The predicted octanol–water partition coefficient (Wildman–Crippen LogP) is 1.59. The number of rotatable bonds is 3. The Morgan fingerprint density at radius 2 is 2.17 bits per heavy atom. The molecule has 4 heteroatoms. The van der Waals surface area contributed by atoms with Gasteiger partial charge in [0.2, 0.25) is 0 Å². The van der Waals surface area contributed by atoms with Crippen LogP contribution in [0, 0.1) is 12.8 Å². The number of aryl methyl sites for hydroxylation is 1. The number of hydrogen-bond donors (Lipinski definition) is 1. The molecule has 1 aromatic heterocycles. The van der Waals surface area contributed by atoms with Gasteiger partial charge in [-0.15, -0.1) is 0 Å². The molecule has 0 spiro atoms. The fraction of sp³-hybridized carbons (Fsp3) is 0.571. The highest BCUT2D eigenvalue weighted by Crippen LogP contribution is 2.21. The smallest absolute Gasteiger partial charge is 0.255 e. The quantitative estimate of drug-likeness (QED) is 0.882. The topological polar surface area (TPSA) is 59.2 Å². The van der Waals surface area contributed by atoms with Gasteiger partial charge in [0.05, 0.1) is 5.56 Å². The zero-order chi connectivity index (χ0) is 13.0. The van der Waals surface area contributed by atoms with Gasteiger partial charge in [0, 0.05) is 25.5 Å². The second kappa shape index (κ2) is 5.96. The monoisotopic (exact) mass is 247 g/mol. The largest absolute Gasteiger partial charge is 0.339 e. The first-order valence-electron chi connectivity index (χ1n) is 6.61. The Labute approximate surface area is 108 Å². The van der Waals surface area contributed by atoms with E-state index in [1.807, 2.05) is 17.9 Å². The summed E-state index contributed by atoms with van der Waals surface area (Å²) in [4.78, 5) is 18.3. The van der Waals surface area contributed by atoms with Crippen LogP contribution in [0.25, 0.3) is 0 Å². The van der Waals surface area contributed by atoms with Crippen LogP contribution < -0.4 is 5.73 Å². The van der Waals surface area contributed by atoms with E-state index >= 15 is 0 Å². The van der Waals surface area contributed by atoms with Crippen molar-refractivity contribution in [3.05, 3.63) is 29.6 Å². The average molecular weight is 247 g/mol. The van der Waals surface area contributed by atoms with Gasteiger partial charge < -0.3 is 10.6 Å². The van der Waals surface area contributed by atoms with Crippen LogP contribution >= 0.6 is 0 Å². The lowest BCUT2D eigenvalue weighted by molar-refractivity contribution is 0.0687. The molecule has 1 aliphatic heterocycles. The lowest BCUT2D eigenvalue weighted by Gasteiger charge is -2.31. The molecule has 18 heavy (non-hydrogen) atoms. The Kier molecular flexibility index (Phi) is 4.31. The number of carbonyl (C=O) groups excluding carboxylic acids is 1. The SMILES string of the molecule is Cc1cncc(C(=O)N2CCC(CCN)CC2)c1. The van der Waals surface area contributed by atoms with Gasteiger partial charge in [-0.05, 0) is 50.3 Å². The van der Waals surface area contributed by atoms with Gasteiger partial charge in [0.15, 0.2) is 0 Å². The van der Waals surface area contributed by atoms with Crippen LogP contribution in [-0.4, -0.2) is 35.4 Å². The van der Waals surface area contributed by atoms with Crippen LogP contribution in [0.5, 0.6) is 0 Å². The Morgan fingerprint density at radius 3 is 2.78 bits per heavy atom. The molecule has 98 valence electrons. The first-order valence-corrected chi connectivity index (χ1v) is 6.61. The standard InChI is InChI=1S/C14H21N3O/c1-11-8-13(10-16-9-11)14(18)17-6-3-12(2-5-15)4-7-17/h8-10,12H,2-7,15H2,1H3. The minimum absolute atomic E-state index is 0.109. The van der Waals surface area contributed by atoms with E-state index in [1.165, 1.54) is 0 Å². The molecule has 1 fully saturated rings. The summed E-state index contributed by atoms with van der Waals surface area (Å²) in [6.45, 7) is 4.40. The first-order chi connectivity index (χ1) is 8.70. The van der Waals surface area contributed by atoms with E-state index in [4.69, 9.17) is 5.73 Å². The maximum Gasteiger partial charge on any atom is 0.255 e. The van der Waals surface area contributed by atoms with Crippen molar-refractivity contribution in [3.63, 3.8) is 0 Å². The highest BCUT2D eigenvalue weighted by atomic mass is 16.2. The van der Waals surface area contributed by atoms with E-state index in [0.29, 0.717) is 11.5 Å². The first kappa shape index (κ1) is 13.0. The summed E-state index contributed by atoms with van der Waals surface area (Å²) >= 11 is 0. The fourth-order valence-corrected chi connectivity index (χ4v) is 2.51. The van der Waals surface area contributed by atoms with Crippen LogP contribution in [-0.2, 0) is 0 Å². The number of carbonyl (C=O) groups is 1. The van der Waals surface area contributed by atoms with E-state index < -0.39 is 0 Å². The van der Waals surface area contributed by atoms with E-state index in [0.717, 1.165) is 44.5 Å². The van der Waals surface area contributed by atoms with Crippen LogP contribution in [0.15, 0.2) is 18.5 Å². The summed E-state index contributed by atoms with van der Waals surface area (Å²) < 4.78 is 0. The second-order valence-corrected chi connectivity index (χ2v) is 5.06. The zero-order valence-electron chi connectivity index (χ0n) is 10.9. The summed E-state index contributed by atoms with van der Waals surface area (Å²) in [5.41, 5.74) is 7.30. The number of piperidine rings is 1. The minimum atomic E-state index is 0.109. The summed E-state index contributed by atoms with van der Waals surface area (Å²) in [6.07, 6.45) is 6.64. The van der Waals surface area contributed by atoms with Gasteiger partial charge in [-0.1, -0.05) is 0 Å². The van der Waals surface area contributed by atoms with Crippen LogP contribution in [0.4, 0.5) is 0 Å². The third kappa shape index (κ3) is 3.07. The Hall–Kier alpha value is -1.42. The molecule has 1 aromatic rings. The van der Waals surface area contributed by atoms with Crippen LogP contribution in [0.1, 0.15) is 35.2 Å². The lowest BCUT2D eigenvalue weighted by Crippen LogP contribution is -2.38. The number of amides is 1. The molecule has 0 saturated carbocycles. The molecule has 1 aliphatic rings. The van der Waals surface area contributed by atoms with Gasteiger partial charge in [-0.25, -0.2) is 0 Å². The van der Waals surface area contributed by atoms with Gasteiger partial charge in [-0.2, -0.15) is 0 Å². The Balaban J connectivity index is 1.95. The van der Waals surface area contributed by atoms with Gasteiger partial charge in [0.1, 0.15) is 0 Å². The molecule has 0 atom stereocenters. The van der Waals surface area contributed by atoms with Gasteiger partial charge in [-0.3, -0.25) is 9.78 Å². The number of nitrogens with two attached hydrogens (primary N) is 1. The summed E-state index contributed by atoms with van der Waals surface area (Å²) in [7, 11) is 0. The van der Waals surface area contributed by atoms with E-state index in [2.05, 4.69) is 4.98 Å². The maximum atomic E-state index is 12.3. The highest BCUT2D eigenvalue weighted by Gasteiger charge is 2.23. The molecule has 4 nitrogen and oxygen atoms in total. The number of hydrogen-bond acceptors (Lipinski definition) is 3. The molecule has 0 aromatic carbocycles. The molecule has 2 heterocycles. The Morgan fingerprint density at radius 1 is 1.44 bits per heavy atom. The van der Waals surface area contributed by atoms with Crippen molar-refractivity contribution >= 4 is 5.91 Å².